The van der Waals surface area contributed by atoms with Crippen LogP contribution in [0.25, 0.3) is 0 Å². The Labute approximate surface area is 157 Å². The van der Waals surface area contributed by atoms with Crippen molar-refractivity contribution in [3.8, 4) is 0 Å². The van der Waals surface area contributed by atoms with Gasteiger partial charge in [-0.1, -0.05) is 36.4 Å². The molecule has 0 saturated carbocycles. The Morgan fingerprint density at radius 1 is 1.08 bits per heavy atom. The molecular weight excluding hydrogens is 346 g/mol. The molecule has 25 heavy (non-hydrogen) atoms. The summed E-state index contributed by atoms with van der Waals surface area (Å²) in [6, 6.07) is 19.4. The van der Waals surface area contributed by atoms with E-state index in [1.807, 2.05) is 0 Å². The third kappa shape index (κ3) is 3.48. The second kappa shape index (κ2) is 7.42. The van der Waals surface area contributed by atoms with Gasteiger partial charge >= 0.3 is 0 Å². The van der Waals surface area contributed by atoms with E-state index >= 15 is 0 Å². The smallest absolute Gasteiger partial charge is 0.169 e. The van der Waals surface area contributed by atoms with E-state index in [1.165, 1.54) is 16.1 Å². The van der Waals surface area contributed by atoms with Crippen LogP contribution >= 0.6 is 23.6 Å². The van der Waals surface area contributed by atoms with Gasteiger partial charge in [-0.3, -0.25) is 0 Å². The van der Waals surface area contributed by atoms with E-state index in [2.05, 4.69) is 81.0 Å². The van der Waals surface area contributed by atoms with Gasteiger partial charge in [0.25, 0.3) is 0 Å². The summed E-state index contributed by atoms with van der Waals surface area (Å²) < 4.78 is 2.34. The first-order valence-corrected chi connectivity index (χ1v) is 9.88. The van der Waals surface area contributed by atoms with Crippen molar-refractivity contribution >= 4 is 28.7 Å². The fourth-order valence-corrected chi connectivity index (χ4v) is 4.56. The number of hydrogen-bond donors (Lipinski definition) is 1. The molecule has 1 aliphatic heterocycles. The number of aromatic nitrogens is 1. The van der Waals surface area contributed by atoms with Crippen molar-refractivity contribution in [3.05, 3.63) is 82.3 Å². The molecule has 0 amide bonds. The number of thiophene rings is 1. The SMILES string of the molecule is S=C(NCCc1ccccc1)N1CCn2cccc2C1c1cccs1. The van der Waals surface area contributed by atoms with E-state index in [9.17, 15) is 0 Å². The number of nitrogens with zero attached hydrogens (tertiary/aromatic N) is 2. The van der Waals surface area contributed by atoms with Crippen LogP contribution in [-0.2, 0) is 13.0 Å². The molecule has 3 heterocycles. The van der Waals surface area contributed by atoms with Crippen molar-refractivity contribution in [2.45, 2.75) is 19.0 Å². The lowest BCUT2D eigenvalue weighted by Gasteiger charge is -2.38. The molecule has 3 nitrogen and oxygen atoms in total. The van der Waals surface area contributed by atoms with Crippen LogP contribution in [0.5, 0.6) is 0 Å². The summed E-state index contributed by atoms with van der Waals surface area (Å²) in [5, 5.41) is 6.46. The maximum absolute atomic E-state index is 5.75. The predicted molar refractivity (Wildman–Crippen MR) is 108 cm³/mol. The Morgan fingerprint density at radius 3 is 2.76 bits per heavy atom. The first-order valence-electron chi connectivity index (χ1n) is 8.60. The van der Waals surface area contributed by atoms with E-state index in [0.29, 0.717) is 0 Å². The van der Waals surface area contributed by atoms with Gasteiger partial charge in [0, 0.05) is 36.4 Å². The highest BCUT2D eigenvalue weighted by molar-refractivity contribution is 7.80. The summed E-state index contributed by atoms with van der Waals surface area (Å²) in [4.78, 5) is 3.67. The lowest BCUT2D eigenvalue weighted by molar-refractivity contribution is 0.289. The zero-order chi connectivity index (χ0) is 17.1. The number of rotatable bonds is 4. The van der Waals surface area contributed by atoms with Crippen molar-refractivity contribution in [1.29, 1.82) is 0 Å². The van der Waals surface area contributed by atoms with Crippen LogP contribution in [0.15, 0.2) is 66.2 Å². The largest absolute Gasteiger partial charge is 0.362 e. The van der Waals surface area contributed by atoms with E-state index in [1.54, 1.807) is 11.3 Å². The van der Waals surface area contributed by atoms with Crippen LogP contribution in [0, 0.1) is 0 Å². The number of fused-ring (bicyclic) bond motifs is 1. The molecule has 1 unspecified atom stereocenters. The van der Waals surface area contributed by atoms with E-state index in [-0.39, 0.29) is 6.04 Å². The Morgan fingerprint density at radius 2 is 1.96 bits per heavy atom. The first-order chi connectivity index (χ1) is 12.3. The molecule has 0 aliphatic carbocycles. The van der Waals surface area contributed by atoms with Crippen LogP contribution in [-0.4, -0.2) is 27.7 Å². The zero-order valence-electron chi connectivity index (χ0n) is 14.0. The minimum Gasteiger partial charge on any atom is -0.362 e. The molecule has 0 radical (unpaired) electrons. The predicted octanol–water partition coefficient (Wildman–Crippen LogP) is 4.07. The number of nitrogens with one attached hydrogen (secondary N) is 1. The Kier molecular flexibility index (Phi) is 4.85. The number of hydrogen-bond acceptors (Lipinski definition) is 2. The topological polar surface area (TPSA) is 20.2 Å². The molecule has 1 N–H and O–H groups in total. The van der Waals surface area contributed by atoms with Crippen molar-refractivity contribution in [2.24, 2.45) is 0 Å². The summed E-state index contributed by atoms with van der Waals surface area (Å²) >= 11 is 7.55. The van der Waals surface area contributed by atoms with Gasteiger partial charge in [0.1, 0.15) is 6.04 Å². The molecular formula is C20H21N3S2. The molecule has 1 aromatic carbocycles. The van der Waals surface area contributed by atoms with Crippen LogP contribution in [0.4, 0.5) is 0 Å². The van der Waals surface area contributed by atoms with Gasteiger partial charge in [-0.05, 0) is 47.8 Å². The minimum absolute atomic E-state index is 0.209. The Balaban J connectivity index is 1.47. The highest BCUT2D eigenvalue weighted by Gasteiger charge is 2.30. The summed E-state index contributed by atoms with van der Waals surface area (Å²) in [6.07, 6.45) is 3.15. The van der Waals surface area contributed by atoms with Crippen LogP contribution in [0.2, 0.25) is 0 Å². The van der Waals surface area contributed by atoms with Crippen molar-refractivity contribution in [1.82, 2.24) is 14.8 Å². The zero-order valence-corrected chi connectivity index (χ0v) is 15.6. The number of benzene rings is 1. The maximum Gasteiger partial charge on any atom is 0.169 e. The lowest BCUT2D eigenvalue weighted by Crippen LogP contribution is -2.47. The quantitative estimate of drug-likeness (QED) is 0.702. The number of thiocarbonyl (C=S) groups is 1. The normalized spacial score (nSPS) is 16.5. The van der Waals surface area contributed by atoms with Gasteiger partial charge in [-0.2, -0.15) is 0 Å². The van der Waals surface area contributed by atoms with Crippen LogP contribution in [0.1, 0.15) is 22.2 Å². The molecule has 0 spiro atoms. The van der Waals surface area contributed by atoms with Gasteiger partial charge < -0.3 is 14.8 Å². The molecule has 0 fully saturated rings. The molecule has 128 valence electrons. The minimum atomic E-state index is 0.209. The second-order valence-corrected chi connectivity index (χ2v) is 7.57. The summed E-state index contributed by atoms with van der Waals surface area (Å²) in [7, 11) is 0. The Bertz CT molecular complexity index is 824. The molecule has 0 bridgehead atoms. The molecule has 3 aromatic rings. The third-order valence-electron chi connectivity index (χ3n) is 4.64. The van der Waals surface area contributed by atoms with Gasteiger partial charge in [-0.25, -0.2) is 0 Å². The summed E-state index contributed by atoms with van der Waals surface area (Å²) in [5.74, 6) is 0. The second-order valence-electron chi connectivity index (χ2n) is 6.21. The van der Waals surface area contributed by atoms with Crippen molar-refractivity contribution in [3.63, 3.8) is 0 Å². The first kappa shape index (κ1) is 16.4. The van der Waals surface area contributed by atoms with E-state index in [4.69, 9.17) is 12.2 Å². The lowest BCUT2D eigenvalue weighted by atomic mass is 10.1. The van der Waals surface area contributed by atoms with E-state index < -0.39 is 0 Å². The standard InChI is InChI=1S/C20H21N3S2/c24-20(21-11-10-16-6-2-1-3-7-16)23-14-13-22-12-4-8-17(22)19(23)18-9-5-15-25-18/h1-9,12,15,19H,10-11,13-14H2,(H,21,24). The van der Waals surface area contributed by atoms with Crippen molar-refractivity contribution < 1.29 is 0 Å². The fraction of sp³-hybridized carbons (Fsp3) is 0.250. The fourth-order valence-electron chi connectivity index (χ4n) is 3.41. The van der Waals surface area contributed by atoms with Gasteiger partial charge in [0.15, 0.2) is 5.11 Å². The molecule has 1 atom stereocenters. The molecule has 4 rings (SSSR count). The van der Waals surface area contributed by atoms with Crippen LogP contribution < -0.4 is 5.32 Å². The average molecular weight is 368 g/mol. The van der Waals surface area contributed by atoms with Gasteiger partial charge in [0.2, 0.25) is 0 Å². The van der Waals surface area contributed by atoms with Crippen LogP contribution in [0.3, 0.4) is 0 Å². The monoisotopic (exact) mass is 367 g/mol. The summed E-state index contributed by atoms with van der Waals surface area (Å²) in [6.45, 7) is 2.77. The molecule has 0 saturated heterocycles. The van der Waals surface area contributed by atoms with Crippen molar-refractivity contribution in [2.75, 3.05) is 13.1 Å². The van der Waals surface area contributed by atoms with Gasteiger partial charge in [0.05, 0.1) is 0 Å². The maximum atomic E-state index is 5.75. The molecule has 1 aliphatic rings. The molecule has 2 aromatic heterocycles. The molecule has 5 heteroatoms. The summed E-state index contributed by atoms with van der Waals surface area (Å²) in [5.41, 5.74) is 2.65. The highest BCUT2D eigenvalue weighted by atomic mass is 32.1. The Hall–Kier alpha value is -2.11. The third-order valence-corrected chi connectivity index (χ3v) is 5.95. The van der Waals surface area contributed by atoms with E-state index in [0.717, 1.165) is 31.2 Å². The van der Waals surface area contributed by atoms with Gasteiger partial charge in [-0.15, -0.1) is 11.3 Å². The highest BCUT2D eigenvalue weighted by Crippen LogP contribution is 2.34. The average Bonchev–Trinajstić information content (AvgIpc) is 3.33.